The Kier molecular flexibility index (Phi) is 10.6. The Morgan fingerprint density at radius 1 is 0.926 bits per heavy atom. The van der Waals surface area contributed by atoms with Crippen molar-refractivity contribution in [1.29, 1.82) is 0 Å². The van der Waals surface area contributed by atoms with Crippen molar-refractivity contribution in [2.24, 2.45) is 11.3 Å². The maximum absolute atomic E-state index is 11.7. The van der Waals surface area contributed by atoms with E-state index < -0.39 is 5.60 Å². The van der Waals surface area contributed by atoms with Gasteiger partial charge in [0.05, 0.1) is 5.60 Å². The fraction of sp³-hybridized carbons (Fsp3) is 0.760. The van der Waals surface area contributed by atoms with Gasteiger partial charge in [0.15, 0.2) is 0 Å². The minimum absolute atomic E-state index is 0.0921. The van der Waals surface area contributed by atoms with Crippen LogP contribution < -0.4 is 0 Å². The van der Waals surface area contributed by atoms with Crippen molar-refractivity contribution in [2.45, 2.75) is 111 Å². The first-order chi connectivity index (χ1) is 12.8. The van der Waals surface area contributed by atoms with E-state index in [1.54, 1.807) is 0 Å². The van der Waals surface area contributed by atoms with Gasteiger partial charge in [-0.25, -0.2) is 0 Å². The summed E-state index contributed by atoms with van der Waals surface area (Å²) < 4.78 is 1.07. The van der Waals surface area contributed by atoms with Crippen LogP contribution in [0.4, 0.5) is 0 Å². The second kappa shape index (κ2) is 11.6. The molecule has 0 aliphatic heterocycles. The van der Waals surface area contributed by atoms with Crippen LogP contribution in [0.1, 0.15) is 110 Å². The first-order valence-corrected chi connectivity index (χ1v) is 12.1. The van der Waals surface area contributed by atoms with Crippen LogP contribution in [-0.2, 0) is 12.0 Å². The number of halogens is 1. The zero-order chi connectivity index (χ0) is 20.5. The molecule has 0 aromatic heterocycles. The van der Waals surface area contributed by atoms with Gasteiger partial charge in [-0.1, -0.05) is 108 Å². The van der Waals surface area contributed by atoms with Crippen molar-refractivity contribution in [3.05, 3.63) is 33.8 Å². The molecule has 0 fully saturated rings. The normalized spacial score (nSPS) is 20.3. The van der Waals surface area contributed by atoms with E-state index in [1.807, 2.05) is 0 Å². The Morgan fingerprint density at radius 2 is 1.48 bits per heavy atom. The molecular weight excluding hydrogens is 396 g/mol. The van der Waals surface area contributed by atoms with E-state index in [4.69, 9.17) is 0 Å². The molecule has 0 heterocycles. The van der Waals surface area contributed by atoms with Crippen LogP contribution in [-0.4, -0.2) is 5.11 Å². The highest BCUT2D eigenvalue weighted by Crippen LogP contribution is 2.56. The lowest BCUT2D eigenvalue weighted by atomic mass is 9.65. The first-order valence-electron chi connectivity index (χ1n) is 11.3. The third kappa shape index (κ3) is 6.07. The van der Waals surface area contributed by atoms with Crippen LogP contribution in [0.5, 0.6) is 0 Å². The van der Waals surface area contributed by atoms with E-state index in [9.17, 15) is 5.11 Å². The van der Waals surface area contributed by atoms with Crippen molar-refractivity contribution in [3.8, 4) is 0 Å². The van der Waals surface area contributed by atoms with E-state index in [0.29, 0.717) is 5.92 Å². The zero-order valence-electron chi connectivity index (χ0n) is 18.7. The lowest BCUT2D eigenvalue weighted by Gasteiger charge is -2.44. The Balaban J connectivity index is 0.000000445. The molecule has 2 heteroatoms. The number of unbranched alkanes of at least 4 members (excludes halogenated alkanes) is 4. The average molecular weight is 440 g/mol. The van der Waals surface area contributed by atoms with Gasteiger partial charge in [0, 0.05) is 9.89 Å². The summed E-state index contributed by atoms with van der Waals surface area (Å²) in [5.74, 6) is 0.350. The molecule has 27 heavy (non-hydrogen) atoms. The summed E-state index contributed by atoms with van der Waals surface area (Å²) in [6.45, 7) is 13.4. The fourth-order valence-electron chi connectivity index (χ4n) is 4.74. The third-order valence-electron chi connectivity index (χ3n) is 6.22. The lowest BCUT2D eigenvalue weighted by Crippen LogP contribution is -2.45. The van der Waals surface area contributed by atoms with Crippen LogP contribution in [0.2, 0.25) is 0 Å². The Labute approximate surface area is 177 Å². The Bertz CT molecular complexity index is 541. The quantitative estimate of drug-likeness (QED) is 0.383. The van der Waals surface area contributed by atoms with Crippen molar-refractivity contribution >= 4 is 15.9 Å². The van der Waals surface area contributed by atoms with E-state index in [-0.39, 0.29) is 5.41 Å². The molecule has 156 valence electrons. The average Bonchev–Trinajstić information content (AvgIpc) is 2.83. The highest BCUT2D eigenvalue weighted by atomic mass is 79.9. The minimum atomic E-state index is -0.696. The summed E-state index contributed by atoms with van der Waals surface area (Å²) >= 11 is 3.57. The summed E-state index contributed by atoms with van der Waals surface area (Å²) in [6.07, 6.45) is 12.4. The van der Waals surface area contributed by atoms with Crippen molar-refractivity contribution in [1.82, 2.24) is 0 Å². The van der Waals surface area contributed by atoms with E-state index in [0.717, 1.165) is 42.1 Å². The van der Waals surface area contributed by atoms with Gasteiger partial charge in [-0.2, -0.15) is 0 Å². The summed E-state index contributed by atoms with van der Waals surface area (Å²) in [5.41, 5.74) is 1.69. The predicted molar refractivity (Wildman–Crippen MR) is 123 cm³/mol. The van der Waals surface area contributed by atoms with Gasteiger partial charge in [-0.05, 0) is 48.4 Å². The van der Waals surface area contributed by atoms with Crippen LogP contribution >= 0.6 is 15.9 Å². The number of hydrogen-bond donors (Lipinski definition) is 1. The highest BCUT2D eigenvalue weighted by Gasteiger charge is 2.54. The minimum Gasteiger partial charge on any atom is -0.384 e. The summed E-state index contributed by atoms with van der Waals surface area (Å²) in [4.78, 5) is 0. The monoisotopic (exact) mass is 438 g/mol. The number of fused-ring (bicyclic) bond motifs is 1. The lowest BCUT2D eigenvalue weighted by molar-refractivity contribution is -0.113. The van der Waals surface area contributed by atoms with E-state index >= 15 is 0 Å². The van der Waals surface area contributed by atoms with Gasteiger partial charge < -0.3 is 5.11 Å². The third-order valence-corrected chi connectivity index (χ3v) is 6.71. The second-order valence-corrected chi connectivity index (χ2v) is 9.88. The van der Waals surface area contributed by atoms with Gasteiger partial charge in [0.1, 0.15) is 0 Å². The van der Waals surface area contributed by atoms with Crippen LogP contribution in [0.15, 0.2) is 22.7 Å². The summed E-state index contributed by atoms with van der Waals surface area (Å²) in [7, 11) is 0. The summed E-state index contributed by atoms with van der Waals surface area (Å²) in [5, 5.41) is 11.7. The first kappa shape index (κ1) is 24.7. The van der Waals surface area contributed by atoms with Crippen molar-refractivity contribution in [2.75, 3.05) is 0 Å². The van der Waals surface area contributed by atoms with Gasteiger partial charge >= 0.3 is 0 Å². The molecule has 0 amide bonds. The largest absolute Gasteiger partial charge is 0.384 e. The number of hydrogen-bond acceptors (Lipinski definition) is 1. The zero-order valence-corrected chi connectivity index (χ0v) is 20.3. The van der Waals surface area contributed by atoms with Gasteiger partial charge in [0.25, 0.3) is 0 Å². The van der Waals surface area contributed by atoms with Gasteiger partial charge in [0.2, 0.25) is 0 Å². The number of rotatable bonds is 9. The molecule has 1 unspecified atom stereocenters. The van der Waals surface area contributed by atoms with Crippen LogP contribution in [0.25, 0.3) is 0 Å². The molecule has 1 aromatic carbocycles. The molecule has 0 saturated carbocycles. The van der Waals surface area contributed by atoms with Gasteiger partial charge in [-0.3, -0.25) is 0 Å². The molecule has 1 nitrogen and oxygen atoms in total. The molecule has 1 atom stereocenters. The van der Waals surface area contributed by atoms with Crippen molar-refractivity contribution in [3.63, 3.8) is 0 Å². The molecule has 2 rings (SSSR count). The number of benzene rings is 1. The molecule has 0 spiro atoms. The smallest absolute Gasteiger partial charge is 0.0981 e. The standard InChI is InChI=1S/C18H27BrO.C7H16/c1-5-7-14(8-6-2)18(20)16-11-15(19)10-9-13(16)12-17(18,3)4;1-3-5-7-6-4-2/h9-11,14,20H,5-8,12H2,1-4H3;3-7H2,1-2H3. The maximum atomic E-state index is 11.7. The molecule has 1 aliphatic carbocycles. The van der Waals surface area contributed by atoms with Gasteiger partial charge in [-0.15, -0.1) is 0 Å². The summed E-state index contributed by atoms with van der Waals surface area (Å²) in [6, 6.07) is 6.41. The molecule has 0 bridgehead atoms. The van der Waals surface area contributed by atoms with Crippen molar-refractivity contribution < 1.29 is 5.11 Å². The van der Waals surface area contributed by atoms with Crippen LogP contribution in [0, 0.1) is 11.3 Å². The molecule has 1 aromatic rings. The molecule has 1 N–H and O–H groups in total. The topological polar surface area (TPSA) is 20.2 Å². The predicted octanol–water partition coefficient (Wildman–Crippen LogP) is 8.41. The SMILES string of the molecule is CCCC(CCC)C1(O)c2cc(Br)ccc2CC1(C)C.CCCCCCC. The van der Waals surface area contributed by atoms with Crippen LogP contribution in [0.3, 0.4) is 0 Å². The maximum Gasteiger partial charge on any atom is 0.0981 e. The highest BCUT2D eigenvalue weighted by molar-refractivity contribution is 9.10. The molecular formula is C25H43BrO. The molecule has 0 radical (unpaired) electrons. The fourth-order valence-corrected chi connectivity index (χ4v) is 5.10. The van der Waals surface area contributed by atoms with E-state index in [2.05, 4.69) is 75.7 Å². The molecule has 0 saturated heterocycles. The second-order valence-electron chi connectivity index (χ2n) is 8.96. The number of aliphatic hydroxyl groups is 1. The Morgan fingerprint density at radius 3 is 1.96 bits per heavy atom. The van der Waals surface area contributed by atoms with E-state index in [1.165, 1.54) is 37.7 Å². The molecule has 1 aliphatic rings. The Hall–Kier alpha value is -0.340.